The Bertz CT molecular complexity index is 580. The minimum atomic E-state index is 0.0419. The molecule has 0 radical (unpaired) electrons. The van der Waals surface area contributed by atoms with Crippen molar-refractivity contribution >= 4 is 11.9 Å². The second-order valence-electron chi connectivity index (χ2n) is 7.21. The molecule has 1 aliphatic carbocycles. The molecule has 1 atom stereocenters. The van der Waals surface area contributed by atoms with Crippen LogP contribution in [-0.2, 0) is 4.74 Å². The molecule has 2 fully saturated rings. The molecule has 0 spiro atoms. The molecule has 1 aliphatic heterocycles. The molecule has 3 rings (SSSR count). The van der Waals surface area contributed by atoms with Crippen molar-refractivity contribution in [2.24, 2.45) is 5.92 Å². The van der Waals surface area contributed by atoms with E-state index in [1.807, 2.05) is 30.8 Å². The van der Waals surface area contributed by atoms with Gasteiger partial charge >= 0.3 is 0 Å². The van der Waals surface area contributed by atoms with E-state index in [0.29, 0.717) is 24.0 Å². The Kier molecular flexibility index (Phi) is 5.33. The topological polar surface area (TPSA) is 58.6 Å². The summed E-state index contributed by atoms with van der Waals surface area (Å²) in [6.07, 6.45) is 7.72. The first-order chi connectivity index (χ1) is 11.5. The molecule has 1 aromatic rings. The number of nitrogens with zero attached hydrogens (tertiary/aromatic N) is 4. The second-order valence-corrected chi connectivity index (χ2v) is 7.21. The first-order valence-electron chi connectivity index (χ1n) is 8.96. The quantitative estimate of drug-likeness (QED) is 0.800. The van der Waals surface area contributed by atoms with Crippen LogP contribution in [0, 0.1) is 12.8 Å². The molecule has 2 heterocycles. The summed E-state index contributed by atoms with van der Waals surface area (Å²) >= 11 is 0. The highest BCUT2D eigenvalue weighted by atomic mass is 16.5. The van der Waals surface area contributed by atoms with E-state index in [-0.39, 0.29) is 12.0 Å². The number of rotatable bonds is 6. The van der Waals surface area contributed by atoms with Gasteiger partial charge in [0.2, 0.25) is 5.95 Å². The third-order valence-electron chi connectivity index (χ3n) is 5.04. The number of hydrogen-bond acceptors (Lipinski definition) is 5. The summed E-state index contributed by atoms with van der Waals surface area (Å²) in [5.74, 6) is 1.31. The Balaban J connectivity index is 1.75. The van der Waals surface area contributed by atoms with E-state index in [2.05, 4.69) is 9.97 Å². The van der Waals surface area contributed by atoms with Crippen LogP contribution in [0.15, 0.2) is 6.20 Å². The molecule has 6 heteroatoms. The largest absolute Gasteiger partial charge is 0.376 e. The monoisotopic (exact) mass is 332 g/mol. The number of carbonyl (C=O) groups excluding carboxylic acids is 1. The predicted octanol–water partition coefficient (Wildman–Crippen LogP) is 2.27. The van der Waals surface area contributed by atoms with Crippen molar-refractivity contribution in [3.8, 4) is 0 Å². The summed E-state index contributed by atoms with van der Waals surface area (Å²) in [6.45, 7) is 4.21. The van der Waals surface area contributed by atoms with Crippen molar-refractivity contribution < 1.29 is 9.53 Å². The van der Waals surface area contributed by atoms with Crippen LogP contribution in [0.5, 0.6) is 0 Å². The molecule has 1 unspecified atom stereocenters. The molecule has 24 heavy (non-hydrogen) atoms. The van der Waals surface area contributed by atoms with Gasteiger partial charge in [-0.15, -0.1) is 0 Å². The van der Waals surface area contributed by atoms with E-state index in [9.17, 15) is 4.79 Å². The van der Waals surface area contributed by atoms with Gasteiger partial charge in [-0.25, -0.2) is 9.97 Å². The number of anilines is 1. The van der Waals surface area contributed by atoms with Crippen LogP contribution in [0.3, 0.4) is 0 Å². The fourth-order valence-electron chi connectivity index (χ4n) is 3.31. The molecule has 6 nitrogen and oxygen atoms in total. The smallest absolute Gasteiger partial charge is 0.257 e. The summed E-state index contributed by atoms with van der Waals surface area (Å²) in [5.41, 5.74) is 1.35. The molecule has 0 bridgehead atoms. The van der Waals surface area contributed by atoms with Gasteiger partial charge in [0.15, 0.2) is 0 Å². The normalized spacial score (nSPS) is 20.7. The van der Waals surface area contributed by atoms with Gasteiger partial charge in [0.25, 0.3) is 5.91 Å². The number of carbonyl (C=O) groups is 1. The highest BCUT2D eigenvalue weighted by molar-refractivity contribution is 5.95. The standard InChI is InChI=1S/C18H28N4O2/c1-13-16(10-19-18(20-13)21(2)3)17(23)22(11-14-6-4-7-14)12-15-8-5-9-24-15/h10,14-15H,4-9,11-12H2,1-3H3. The molecule has 1 amide bonds. The molecule has 1 saturated carbocycles. The van der Waals surface area contributed by atoms with Crippen LogP contribution in [0.4, 0.5) is 5.95 Å². The minimum absolute atomic E-state index is 0.0419. The van der Waals surface area contributed by atoms with Gasteiger partial charge in [0.1, 0.15) is 0 Å². The second kappa shape index (κ2) is 7.47. The van der Waals surface area contributed by atoms with E-state index >= 15 is 0 Å². The Morgan fingerprint density at radius 1 is 1.25 bits per heavy atom. The molecule has 0 aromatic carbocycles. The third kappa shape index (κ3) is 3.86. The highest BCUT2D eigenvalue weighted by Crippen LogP contribution is 2.28. The number of hydrogen-bond donors (Lipinski definition) is 0. The average molecular weight is 332 g/mol. The van der Waals surface area contributed by atoms with Gasteiger partial charge in [0.05, 0.1) is 17.4 Å². The molecule has 2 aliphatic rings. The maximum atomic E-state index is 13.1. The number of amides is 1. The lowest BCUT2D eigenvalue weighted by Gasteiger charge is -2.33. The van der Waals surface area contributed by atoms with Crippen LogP contribution < -0.4 is 4.90 Å². The zero-order valence-corrected chi connectivity index (χ0v) is 15.0. The van der Waals surface area contributed by atoms with Gasteiger partial charge in [0, 0.05) is 40.0 Å². The maximum Gasteiger partial charge on any atom is 0.257 e. The zero-order valence-electron chi connectivity index (χ0n) is 15.0. The Hall–Kier alpha value is -1.69. The zero-order chi connectivity index (χ0) is 17.1. The van der Waals surface area contributed by atoms with Crippen molar-refractivity contribution in [1.29, 1.82) is 0 Å². The van der Waals surface area contributed by atoms with E-state index in [1.54, 1.807) is 6.20 Å². The van der Waals surface area contributed by atoms with Crippen LogP contribution in [0.25, 0.3) is 0 Å². The fraction of sp³-hybridized carbons (Fsp3) is 0.722. The molecule has 0 N–H and O–H groups in total. The number of aryl methyl sites for hydroxylation is 1. The maximum absolute atomic E-state index is 13.1. The Labute approximate surface area is 144 Å². The summed E-state index contributed by atoms with van der Waals surface area (Å²) < 4.78 is 5.75. The van der Waals surface area contributed by atoms with Gasteiger partial charge in [-0.2, -0.15) is 0 Å². The minimum Gasteiger partial charge on any atom is -0.376 e. The van der Waals surface area contributed by atoms with Crippen LogP contribution >= 0.6 is 0 Å². The van der Waals surface area contributed by atoms with Crippen molar-refractivity contribution in [3.05, 3.63) is 17.5 Å². The summed E-state index contributed by atoms with van der Waals surface area (Å²) in [7, 11) is 3.80. The Morgan fingerprint density at radius 2 is 2.04 bits per heavy atom. The summed E-state index contributed by atoms with van der Waals surface area (Å²) in [5, 5.41) is 0. The van der Waals surface area contributed by atoms with Gasteiger partial charge in [-0.3, -0.25) is 4.79 Å². The number of ether oxygens (including phenoxy) is 1. The highest BCUT2D eigenvalue weighted by Gasteiger charge is 2.29. The molecular formula is C18H28N4O2. The summed E-state index contributed by atoms with van der Waals surface area (Å²) in [6, 6.07) is 0. The van der Waals surface area contributed by atoms with Crippen molar-refractivity contribution in [2.45, 2.75) is 45.1 Å². The molecule has 1 aromatic heterocycles. The first-order valence-corrected chi connectivity index (χ1v) is 8.96. The van der Waals surface area contributed by atoms with E-state index in [4.69, 9.17) is 4.74 Å². The van der Waals surface area contributed by atoms with E-state index < -0.39 is 0 Å². The first kappa shape index (κ1) is 17.1. The van der Waals surface area contributed by atoms with Crippen LogP contribution in [0.1, 0.15) is 48.2 Å². The lowest BCUT2D eigenvalue weighted by atomic mass is 9.85. The van der Waals surface area contributed by atoms with Gasteiger partial charge in [-0.05, 0) is 38.5 Å². The average Bonchev–Trinajstić information content (AvgIpc) is 3.01. The predicted molar refractivity (Wildman–Crippen MR) is 93.3 cm³/mol. The SMILES string of the molecule is Cc1nc(N(C)C)ncc1C(=O)N(CC1CCC1)CC1CCCO1. The molecule has 1 saturated heterocycles. The molecular weight excluding hydrogens is 304 g/mol. The van der Waals surface area contributed by atoms with Crippen molar-refractivity contribution in [1.82, 2.24) is 14.9 Å². The lowest BCUT2D eigenvalue weighted by Crippen LogP contribution is -2.42. The summed E-state index contributed by atoms with van der Waals surface area (Å²) in [4.78, 5) is 25.7. The lowest BCUT2D eigenvalue weighted by molar-refractivity contribution is 0.0446. The third-order valence-corrected chi connectivity index (χ3v) is 5.04. The van der Waals surface area contributed by atoms with E-state index in [0.717, 1.165) is 31.7 Å². The van der Waals surface area contributed by atoms with Crippen LogP contribution in [-0.4, -0.2) is 60.7 Å². The number of aromatic nitrogens is 2. The van der Waals surface area contributed by atoms with Gasteiger partial charge < -0.3 is 14.5 Å². The van der Waals surface area contributed by atoms with Crippen molar-refractivity contribution in [3.63, 3.8) is 0 Å². The van der Waals surface area contributed by atoms with Crippen LogP contribution in [0.2, 0.25) is 0 Å². The van der Waals surface area contributed by atoms with E-state index in [1.165, 1.54) is 19.3 Å². The Morgan fingerprint density at radius 3 is 2.58 bits per heavy atom. The van der Waals surface area contributed by atoms with Gasteiger partial charge in [-0.1, -0.05) is 6.42 Å². The molecule has 132 valence electrons. The fourth-order valence-corrected chi connectivity index (χ4v) is 3.31. The van der Waals surface area contributed by atoms with Crippen molar-refractivity contribution in [2.75, 3.05) is 38.7 Å².